The molecule has 0 unspecified atom stereocenters. The minimum Gasteiger partial charge on any atom is -0.432 e. The van der Waals surface area contributed by atoms with Crippen LogP contribution in [0.2, 0.25) is 0 Å². The maximum absolute atomic E-state index is 13.4. The number of aryl methyl sites for hydroxylation is 1. The molecule has 2 rings (SSSR count). The fourth-order valence-electron chi connectivity index (χ4n) is 1.51. The van der Waals surface area contributed by atoms with E-state index in [4.69, 9.17) is 0 Å². The molecule has 8 heteroatoms. The Bertz CT molecular complexity index is 628. The van der Waals surface area contributed by atoms with Crippen LogP contribution in [-0.4, -0.2) is 22.3 Å². The molecule has 0 saturated heterocycles. The number of nitrogens with one attached hydrogen (secondary N) is 1. The normalized spacial score (nSPS) is 10.7. The summed E-state index contributed by atoms with van der Waals surface area (Å²) in [6, 6.07) is 3.17. The molecule has 1 heterocycles. The Hall–Kier alpha value is -2.51. The van der Waals surface area contributed by atoms with Gasteiger partial charge >= 0.3 is 6.61 Å². The van der Waals surface area contributed by atoms with Crippen LogP contribution in [0.15, 0.2) is 30.6 Å². The van der Waals surface area contributed by atoms with E-state index in [1.807, 2.05) is 0 Å². The Morgan fingerprint density at radius 1 is 1.45 bits per heavy atom. The molecule has 20 heavy (non-hydrogen) atoms. The first kappa shape index (κ1) is 13.9. The minimum atomic E-state index is -3.11. The first-order chi connectivity index (χ1) is 9.45. The predicted molar refractivity (Wildman–Crippen MR) is 64.2 cm³/mol. The van der Waals surface area contributed by atoms with Crippen LogP contribution in [0.25, 0.3) is 0 Å². The summed E-state index contributed by atoms with van der Waals surface area (Å²) in [4.78, 5) is 11.8. The lowest BCUT2D eigenvalue weighted by Gasteiger charge is -2.08. The van der Waals surface area contributed by atoms with Crippen molar-refractivity contribution in [2.75, 3.05) is 5.32 Å². The van der Waals surface area contributed by atoms with Gasteiger partial charge in [-0.15, -0.1) is 0 Å². The van der Waals surface area contributed by atoms with Crippen molar-refractivity contribution in [3.05, 3.63) is 42.0 Å². The van der Waals surface area contributed by atoms with Gasteiger partial charge in [-0.2, -0.15) is 13.9 Å². The van der Waals surface area contributed by atoms with Crippen molar-refractivity contribution in [1.29, 1.82) is 0 Å². The summed E-state index contributed by atoms with van der Waals surface area (Å²) in [5.74, 6) is -2.06. The molecule has 1 aromatic carbocycles. The minimum absolute atomic E-state index is 0.123. The van der Waals surface area contributed by atoms with Gasteiger partial charge in [0.2, 0.25) is 0 Å². The van der Waals surface area contributed by atoms with E-state index in [0.717, 1.165) is 12.1 Å². The summed E-state index contributed by atoms with van der Waals surface area (Å²) in [6.45, 7) is -3.11. The summed E-state index contributed by atoms with van der Waals surface area (Å²) < 4.78 is 42.8. The van der Waals surface area contributed by atoms with Crippen LogP contribution < -0.4 is 10.1 Å². The molecule has 0 aliphatic rings. The molecule has 0 bridgehead atoms. The summed E-state index contributed by atoms with van der Waals surface area (Å²) in [5.41, 5.74) is 0.416. The number of nitrogens with zero attached hydrogens (tertiary/aromatic N) is 2. The van der Waals surface area contributed by atoms with Crippen LogP contribution in [0.4, 0.5) is 18.9 Å². The number of rotatable bonds is 4. The van der Waals surface area contributed by atoms with Gasteiger partial charge in [0.25, 0.3) is 5.91 Å². The van der Waals surface area contributed by atoms with E-state index in [1.165, 1.54) is 23.1 Å². The second-order valence-electron chi connectivity index (χ2n) is 3.88. The van der Waals surface area contributed by atoms with Crippen molar-refractivity contribution < 1.29 is 22.7 Å². The van der Waals surface area contributed by atoms with Crippen molar-refractivity contribution in [1.82, 2.24) is 9.78 Å². The molecule has 0 aliphatic carbocycles. The lowest BCUT2D eigenvalue weighted by Crippen LogP contribution is -2.11. The van der Waals surface area contributed by atoms with E-state index in [2.05, 4.69) is 15.2 Å². The van der Waals surface area contributed by atoms with Crippen molar-refractivity contribution in [3.63, 3.8) is 0 Å². The molecule has 0 saturated carbocycles. The van der Waals surface area contributed by atoms with Crippen LogP contribution in [0.1, 0.15) is 10.4 Å². The number of hydrogen-bond donors (Lipinski definition) is 1. The molecule has 0 atom stereocenters. The fourth-order valence-corrected chi connectivity index (χ4v) is 1.51. The molecule has 5 nitrogen and oxygen atoms in total. The molecule has 106 valence electrons. The second kappa shape index (κ2) is 5.64. The molecule has 1 amide bonds. The van der Waals surface area contributed by atoms with Gasteiger partial charge in [-0.25, -0.2) is 4.39 Å². The number of benzene rings is 1. The van der Waals surface area contributed by atoms with E-state index >= 15 is 0 Å². The highest BCUT2D eigenvalue weighted by molar-refractivity contribution is 6.03. The summed E-state index contributed by atoms with van der Waals surface area (Å²) in [7, 11) is 1.65. The number of halogens is 3. The van der Waals surface area contributed by atoms with Crippen molar-refractivity contribution >= 4 is 11.6 Å². The molecule has 2 aromatic rings. The zero-order valence-electron chi connectivity index (χ0n) is 10.3. The molecular weight excluding hydrogens is 275 g/mol. The molecule has 0 aliphatic heterocycles. The van der Waals surface area contributed by atoms with Crippen molar-refractivity contribution in [3.8, 4) is 5.75 Å². The Morgan fingerprint density at radius 3 is 2.75 bits per heavy atom. The molecule has 0 radical (unpaired) electrons. The summed E-state index contributed by atoms with van der Waals surface area (Å²) in [5, 5.41) is 6.24. The predicted octanol–water partition coefficient (Wildman–Crippen LogP) is 2.41. The van der Waals surface area contributed by atoms with E-state index in [-0.39, 0.29) is 5.69 Å². The number of alkyl halides is 2. The first-order valence-electron chi connectivity index (χ1n) is 5.50. The van der Waals surface area contributed by atoms with E-state index < -0.39 is 24.1 Å². The monoisotopic (exact) mass is 285 g/mol. The SMILES string of the molecule is Cn1cc(C(=O)Nc2ccc(OC(F)F)c(F)c2)cn1. The zero-order valence-corrected chi connectivity index (χ0v) is 10.3. The van der Waals surface area contributed by atoms with Crippen LogP contribution in [-0.2, 0) is 7.05 Å². The molecule has 1 aromatic heterocycles. The van der Waals surface area contributed by atoms with Crippen molar-refractivity contribution in [2.45, 2.75) is 6.61 Å². The largest absolute Gasteiger partial charge is 0.432 e. The lowest BCUT2D eigenvalue weighted by atomic mass is 10.2. The average Bonchev–Trinajstić information content (AvgIpc) is 2.79. The Kier molecular flexibility index (Phi) is 3.92. The third-order valence-corrected chi connectivity index (χ3v) is 2.37. The number of hydrogen-bond acceptors (Lipinski definition) is 3. The van der Waals surface area contributed by atoms with Gasteiger partial charge in [0.05, 0.1) is 11.8 Å². The summed E-state index contributed by atoms with van der Waals surface area (Å²) in [6.07, 6.45) is 2.83. The molecule has 0 fully saturated rings. The van der Waals surface area contributed by atoms with Gasteiger partial charge < -0.3 is 10.1 Å². The van der Waals surface area contributed by atoms with E-state index in [1.54, 1.807) is 7.05 Å². The highest BCUT2D eigenvalue weighted by atomic mass is 19.3. The van der Waals surface area contributed by atoms with Gasteiger partial charge in [-0.05, 0) is 12.1 Å². The Morgan fingerprint density at radius 2 is 2.20 bits per heavy atom. The number of carbonyl (C=O) groups excluding carboxylic acids is 1. The topological polar surface area (TPSA) is 56.2 Å². The van der Waals surface area contributed by atoms with Gasteiger partial charge in [0, 0.05) is 25.0 Å². The fraction of sp³-hybridized carbons (Fsp3) is 0.167. The lowest BCUT2D eigenvalue weighted by molar-refractivity contribution is -0.0521. The number of carbonyl (C=O) groups is 1. The van der Waals surface area contributed by atoms with Gasteiger partial charge in [-0.1, -0.05) is 0 Å². The van der Waals surface area contributed by atoms with Gasteiger partial charge in [0.15, 0.2) is 11.6 Å². The maximum atomic E-state index is 13.4. The van der Waals surface area contributed by atoms with Crippen LogP contribution in [0.3, 0.4) is 0 Å². The summed E-state index contributed by atoms with van der Waals surface area (Å²) >= 11 is 0. The third kappa shape index (κ3) is 3.28. The first-order valence-corrected chi connectivity index (χ1v) is 5.50. The van der Waals surface area contributed by atoms with Crippen molar-refractivity contribution in [2.24, 2.45) is 7.05 Å². The standard InChI is InChI=1S/C12H10F3N3O2/c1-18-6-7(5-16-18)11(19)17-8-2-3-10(9(13)4-8)20-12(14)15/h2-6,12H,1H3,(H,17,19). The maximum Gasteiger partial charge on any atom is 0.387 e. The third-order valence-electron chi connectivity index (χ3n) is 2.37. The highest BCUT2D eigenvalue weighted by Gasteiger charge is 2.12. The van der Waals surface area contributed by atoms with Crippen LogP contribution in [0, 0.1) is 5.82 Å². The number of ether oxygens (including phenoxy) is 1. The Balaban J connectivity index is 2.10. The smallest absolute Gasteiger partial charge is 0.387 e. The number of amides is 1. The Labute approximate surface area is 112 Å². The van der Waals surface area contributed by atoms with Crippen LogP contribution >= 0.6 is 0 Å². The number of aromatic nitrogens is 2. The quantitative estimate of drug-likeness (QED) is 0.938. The highest BCUT2D eigenvalue weighted by Crippen LogP contribution is 2.23. The van der Waals surface area contributed by atoms with E-state index in [9.17, 15) is 18.0 Å². The molecule has 1 N–H and O–H groups in total. The molecule has 0 spiro atoms. The number of anilines is 1. The van der Waals surface area contributed by atoms with Gasteiger partial charge in [0.1, 0.15) is 0 Å². The van der Waals surface area contributed by atoms with Crippen LogP contribution in [0.5, 0.6) is 5.75 Å². The molecular formula is C12H10F3N3O2. The van der Waals surface area contributed by atoms with Gasteiger partial charge in [-0.3, -0.25) is 9.48 Å². The average molecular weight is 285 g/mol. The van der Waals surface area contributed by atoms with E-state index in [0.29, 0.717) is 5.56 Å². The second-order valence-corrected chi connectivity index (χ2v) is 3.88. The zero-order chi connectivity index (χ0) is 14.7.